The minimum atomic E-state index is -5.78. The summed E-state index contributed by atoms with van der Waals surface area (Å²) in [5.74, 6) is -0.0796. The summed E-state index contributed by atoms with van der Waals surface area (Å²) in [6.07, 6.45) is -4.63. The Morgan fingerprint density at radius 2 is 1.88 bits per heavy atom. The maximum Gasteiger partial charge on any atom is 0.490 e. The van der Waals surface area contributed by atoms with E-state index in [4.69, 9.17) is 28.1 Å². The van der Waals surface area contributed by atoms with E-state index in [1.807, 2.05) is 0 Å². The van der Waals surface area contributed by atoms with Gasteiger partial charge in [-0.3, -0.25) is 4.52 Å². The van der Waals surface area contributed by atoms with Crippen molar-refractivity contribution >= 4 is 48.1 Å². The highest BCUT2D eigenvalue weighted by Crippen LogP contribution is 2.66. The summed E-state index contributed by atoms with van der Waals surface area (Å²) in [5, 5.41) is 34.6. The van der Waals surface area contributed by atoms with Crippen molar-refractivity contribution < 1.29 is 61.4 Å². The summed E-state index contributed by atoms with van der Waals surface area (Å²) < 4.78 is 52.0. The molecule has 18 nitrogen and oxygen atoms in total. The van der Waals surface area contributed by atoms with Crippen molar-refractivity contribution in [3.63, 3.8) is 0 Å². The van der Waals surface area contributed by atoms with Gasteiger partial charge in [0, 0.05) is 0 Å². The van der Waals surface area contributed by atoms with Crippen LogP contribution in [0, 0.1) is 11.3 Å². The van der Waals surface area contributed by atoms with Gasteiger partial charge >= 0.3 is 23.5 Å². The Labute approximate surface area is 190 Å². The van der Waals surface area contributed by atoms with Gasteiger partial charge in [-0.05, 0) is 6.07 Å². The van der Waals surface area contributed by atoms with Gasteiger partial charge in [0.25, 0.3) is 0 Å². The highest BCUT2D eigenvalue weighted by atomic mass is 31.3. The van der Waals surface area contributed by atoms with E-state index < -0.39 is 54.0 Å². The number of nitrogens with zero attached hydrogens (tertiary/aromatic N) is 4. The Morgan fingerprint density at radius 3 is 2.47 bits per heavy atom. The van der Waals surface area contributed by atoms with Crippen molar-refractivity contribution in [3.05, 3.63) is 18.1 Å². The van der Waals surface area contributed by atoms with E-state index in [1.54, 1.807) is 6.07 Å². The van der Waals surface area contributed by atoms with Crippen molar-refractivity contribution in [2.24, 2.45) is 0 Å². The second kappa shape index (κ2) is 9.05. The van der Waals surface area contributed by atoms with Gasteiger partial charge in [0.15, 0.2) is 5.82 Å². The maximum absolute atomic E-state index is 11.9. The van der Waals surface area contributed by atoms with E-state index in [0.717, 1.165) is 10.8 Å². The fraction of sp³-hybridized carbons (Fsp3) is 0.417. The normalized spacial score (nSPS) is 28.9. The molecule has 1 aliphatic heterocycles. The quantitative estimate of drug-likeness (QED) is 0.132. The summed E-state index contributed by atoms with van der Waals surface area (Å²) in [4.78, 5) is 39.5. The van der Waals surface area contributed by atoms with Crippen LogP contribution in [-0.2, 0) is 37.2 Å². The predicted molar refractivity (Wildman–Crippen MR) is 107 cm³/mol. The molecule has 8 N–H and O–H groups in total. The van der Waals surface area contributed by atoms with Gasteiger partial charge in [0.05, 0.1) is 12.3 Å². The lowest BCUT2D eigenvalue weighted by atomic mass is 9.90. The third-order valence-corrected chi connectivity index (χ3v) is 8.24. The Balaban J connectivity index is 1.84. The summed E-state index contributed by atoms with van der Waals surface area (Å²) in [5.41, 5.74) is 3.25. The van der Waals surface area contributed by atoms with E-state index >= 15 is 0 Å². The third kappa shape index (κ3) is 5.25. The minimum Gasteiger partial charge on any atom is -0.387 e. The highest BCUT2D eigenvalue weighted by molar-refractivity contribution is 7.66. The van der Waals surface area contributed by atoms with Crippen LogP contribution in [0.1, 0.15) is 5.69 Å². The second-order valence-corrected chi connectivity index (χ2v) is 11.1. The first-order valence-electron chi connectivity index (χ1n) is 8.63. The zero-order valence-electron chi connectivity index (χ0n) is 16.4. The van der Waals surface area contributed by atoms with Gasteiger partial charge in [-0.2, -0.15) is 19.0 Å². The number of nitriles is 1. The Kier molecular flexibility index (Phi) is 7.15. The minimum absolute atomic E-state index is 0.00951. The molecule has 1 saturated heterocycles. The van der Waals surface area contributed by atoms with Crippen LogP contribution in [0.2, 0.25) is 0 Å². The van der Waals surface area contributed by atoms with Crippen molar-refractivity contribution in [2.45, 2.75) is 23.9 Å². The number of hydrogen-bond acceptors (Lipinski definition) is 13. The molecule has 0 amide bonds. The molecule has 0 bridgehead atoms. The first-order valence-corrected chi connectivity index (χ1v) is 13.2. The monoisotopic (exact) mass is 541 g/mol. The van der Waals surface area contributed by atoms with Crippen LogP contribution in [0.5, 0.6) is 0 Å². The third-order valence-electron chi connectivity index (χ3n) is 4.43. The second-order valence-electron chi connectivity index (χ2n) is 6.72. The maximum atomic E-state index is 11.9. The zero-order valence-corrected chi connectivity index (χ0v) is 19.1. The van der Waals surface area contributed by atoms with Crippen molar-refractivity contribution in [1.82, 2.24) is 14.6 Å². The van der Waals surface area contributed by atoms with Crippen LogP contribution < -0.4 is 11.2 Å². The average molecular weight is 541 g/mol. The average Bonchev–Trinajstić information content (AvgIpc) is 3.14. The molecule has 22 heteroatoms. The molecule has 0 saturated carbocycles. The number of rotatable bonds is 8. The molecule has 2 radical (unpaired) electrons. The molecule has 184 valence electrons. The van der Waals surface area contributed by atoms with E-state index in [2.05, 4.69) is 23.2 Å². The number of ether oxygens (including phenoxy) is 1. The Bertz CT molecular complexity index is 1290. The summed E-state index contributed by atoms with van der Waals surface area (Å²) in [6.45, 7) is -1.12. The topological polar surface area (TPSA) is 290 Å². The lowest BCUT2D eigenvalue weighted by molar-refractivity contribution is -0.0634. The van der Waals surface area contributed by atoms with Gasteiger partial charge in [0.1, 0.15) is 44.1 Å². The number of phosphoric acid groups is 3. The Hall–Kier alpha value is -1.74. The molecule has 3 heterocycles. The van der Waals surface area contributed by atoms with Crippen LogP contribution in [0.4, 0.5) is 5.82 Å². The fourth-order valence-electron chi connectivity index (χ4n) is 3.15. The number of phosphoric ester groups is 1. The predicted octanol–water partition coefficient (Wildman–Crippen LogP) is -2.71. The van der Waals surface area contributed by atoms with Crippen LogP contribution in [0.25, 0.3) is 5.52 Å². The van der Waals surface area contributed by atoms with E-state index in [9.17, 15) is 39.0 Å². The summed E-state index contributed by atoms with van der Waals surface area (Å²) >= 11 is 0. The Morgan fingerprint density at radius 1 is 1.24 bits per heavy atom. The standard InChI is InChI=1S/C12H15BN5O13P3/c13-5-1-7(18-8(5)11(15)16-4-17-18)12(3-14)10(20)9(19)6(29-12)2-28-33(24,25)31-34(26,27)30-32(21,22)23/h1,4,6,9-10,19-20H,2H2,(H,24,25)(H,26,27)(H2,15,16,17)(H2,21,22,23)/t6-,9-,10-,12+/m1/s1. The molecule has 6 atom stereocenters. The molecular formula is C12H15BN5O13P3. The van der Waals surface area contributed by atoms with E-state index in [-0.39, 0.29) is 22.5 Å². The molecule has 0 aliphatic carbocycles. The van der Waals surface area contributed by atoms with Crippen LogP contribution in [-0.4, -0.2) is 77.1 Å². The van der Waals surface area contributed by atoms with Gasteiger partial charge in [0.2, 0.25) is 5.60 Å². The van der Waals surface area contributed by atoms with Crippen LogP contribution in [0.3, 0.4) is 0 Å². The van der Waals surface area contributed by atoms with Crippen molar-refractivity contribution in [2.75, 3.05) is 12.3 Å². The summed E-state index contributed by atoms with van der Waals surface area (Å²) in [7, 11) is -11.1. The molecule has 0 spiro atoms. The number of fused-ring (bicyclic) bond motifs is 1. The highest BCUT2D eigenvalue weighted by Gasteiger charge is 2.58. The molecule has 0 aromatic carbocycles. The number of aliphatic hydroxyl groups excluding tert-OH is 2. The van der Waals surface area contributed by atoms with Crippen molar-refractivity contribution in [1.29, 1.82) is 5.26 Å². The number of anilines is 1. The van der Waals surface area contributed by atoms with Gasteiger partial charge < -0.3 is 40.3 Å². The molecule has 34 heavy (non-hydrogen) atoms. The van der Waals surface area contributed by atoms with Gasteiger partial charge in [-0.25, -0.2) is 23.2 Å². The zero-order chi connectivity index (χ0) is 25.7. The van der Waals surface area contributed by atoms with Crippen LogP contribution >= 0.6 is 23.5 Å². The van der Waals surface area contributed by atoms with Crippen molar-refractivity contribution in [3.8, 4) is 6.07 Å². The largest absolute Gasteiger partial charge is 0.490 e. The molecule has 2 aromatic heterocycles. The summed E-state index contributed by atoms with van der Waals surface area (Å²) in [6, 6.07) is 2.84. The SMILES string of the molecule is [B]c1cc([C@]2(C#N)O[C@H](COP(=O)(O)OP(=O)(O)OP(=O)(O)O)[C@@H](O)[C@H]2O)n2ncnc(N)c12. The van der Waals surface area contributed by atoms with Gasteiger partial charge in [-0.1, -0.05) is 5.46 Å². The number of aliphatic hydroxyl groups is 2. The molecule has 2 unspecified atom stereocenters. The fourth-order valence-corrected chi connectivity index (χ4v) is 6.18. The van der Waals surface area contributed by atoms with E-state index in [0.29, 0.717) is 0 Å². The molecule has 2 aromatic rings. The van der Waals surface area contributed by atoms with E-state index in [1.165, 1.54) is 6.07 Å². The first kappa shape index (κ1) is 26.9. The number of nitrogen functional groups attached to an aromatic ring is 1. The number of hydrogen-bond donors (Lipinski definition) is 7. The molecular weight excluding hydrogens is 526 g/mol. The lowest BCUT2D eigenvalue weighted by Gasteiger charge is -2.24. The van der Waals surface area contributed by atoms with Gasteiger partial charge in [-0.15, -0.1) is 0 Å². The molecule has 1 fully saturated rings. The molecule has 3 rings (SSSR count). The van der Waals surface area contributed by atoms with Crippen LogP contribution in [0.15, 0.2) is 12.4 Å². The first-order chi connectivity index (χ1) is 15.5. The number of nitrogens with two attached hydrogens (primary N) is 1. The molecule has 1 aliphatic rings. The number of aromatic nitrogens is 3. The lowest BCUT2D eigenvalue weighted by Crippen LogP contribution is -2.41. The smallest absolute Gasteiger partial charge is 0.387 e.